The van der Waals surface area contributed by atoms with Crippen LogP contribution in [0.2, 0.25) is 0 Å². The van der Waals surface area contributed by atoms with Gasteiger partial charge in [-0.1, -0.05) is 45.4 Å². The molecule has 0 aliphatic carbocycles. The van der Waals surface area contributed by atoms with E-state index in [0.717, 1.165) is 25.1 Å². The third-order valence-electron chi connectivity index (χ3n) is 3.29. The normalized spacial score (nSPS) is 14.2. The van der Waals surface area contributed by atoms with E-state index >= 15 is 0 Å². The van der Waals surface area contributed by atoms with Crippen molar-refractivity contribution in [1.29, 1.82) is 0 Å². The highest BCUT2D eigenvalue weighted by Crippen LogP contribution is 2.21. The summed E-state index contributed by atoms with van der Waals surface area (Å²) in [4.78, 5) is 0. The molecule has 2 nitrogen and oxygen atoms in total. The third kappa shape index (κ3) is 4.34. The quantitative estimate of drug-likeness (QED) is 0.753. The van der Waals surface area contributed by atoms with Gasteiger partial charge in [0.2, 0.25) is 0 Å². The Labute approximate surface area is 112 Å². The van der Waals surface area contributed by atoms with Crippen LogP contribution in [0.15, 0.2) is 24.3 Å². The largest absolute Gasteiger partial charge is 0.489 e. The first-order valence-corrected chi connectivity index (χ1v) is 7.18. The van der Waals surface area contributed by atoms with Crippen molar-refractivity contribution in [2.75, 3.05) is 6.54 Å². The molecule has 0 amide bonds. The minimum atomic E-state index is 0.256. The van der Waals surface area contributed by atoms with Crippen molar-refractivity contribution in [3.8, 4) is 5.75 Å². The van der Waals surface area contributed by atoms with Gasteiger partial charge in [0.1, 0.15) is 11.9 Å². The fourth-order valence-corrected chi connectivity index (χ4v) is 2.29. The molecule has 18 heavy (non-hydrogen) atoms. The summed E-state index contributed by atoms with van der Waals surface area (Å²) in [5.41, 5.74) is 1.21. The highest BCUT2D eigenvalue weighted by molar-refractivity contribution is 5.32. The van der Waals surface area contributed by atoms with Gasteiger partial charge in [-0.05, 0) is 37.9 Å². The van der Waals surface area contributed by atoms with Crippen LogP contribution >= 0.6 is 0 Å². The van der Waals surface area contributed by atoms with Gasteiger partial charge in [0.25, 0.3) is 0 Å². The summed E-state index contributed by atoms with van der Waals surface area (Å²) >= 11 is 0. The van der Waals surface area contributed by atoms with Crippen LogP contribution in [-0.2, 0) is 0 Å². The number of benzene rings is 1. The molecule has 0 heterocycles. The van der Waals surface area contributed by atoms with Crippen LogP contribution in [0, 0.1) is 6.92 Å². The molecule has 0 aliphatic rings. The lowest BCUT2D eigenvalue weighted by Crippen LogP contribution is -2.42. The summed E-state index contributed by atoms with van der Waals surface area (Å²) in [5, 5.41) is 3.55. The van der Waals surface area contributed by atoms with E-state index in [1.807, 2.05) is 6.07 Å². The van der Waals surface area contributed by atoms with Gasteiger partial charge in [-0.25, -0.2) is 0 Å². The molecule has 2 heteroatoms. The molecule has 0 radical (unpaired) electrons. The van der Waals surface area contributed by atoms with Gasteiger partial charge in [-0.15, -0.1) is 0 Å². The second kappa shape index (κ2) is 8.15. The summed E-state index contributed by atoms with van der Waals surface area (Å²) < 4.78 is 6.20. The van der Waals surface area contributed by atoms with Crippen molar-refractivity contribution in [3.05, 3.63) is 29.8 Å². The second-order valence-corrected chi connectivity index (χ2v) is 4.78. The highest BCUT2D eigenvalue weighted by Gasteiger charge is 2.20. The second-order valence-electron chi connectivity index (χ2n) is 4.78. The number of hydrogen-bond donors (Lipinski definition) is 1. The first-order chi connectivity index (χ1) is 8.72. The Morgan fingerprint density at radius 2 is 1.89 bits per heavy atom. The Hall–Kier alpha value is -1.02. The van der Waals surface area contributed by atoms with Crippen LogP contribution < -0.4 is 10.1 Å². The van der Waals surface area contributed by atoms with E-state index in [2.05, 4.69) is 51.2 Å². The summed E-state index contributed by atoms with van der Waals surface area (Å²) in [6.45, 7) is 9.68. The summed E-state index contributed by atoms with van der Waals surface area (Å²) in [6, 6.07) is 8.70. The molecule has 0 bridgehead atoms. The molecular weight excluding hydrogens is 222 g/mol. The fourth-order valence-electron chi connectivity index (χ4n) is 2.29. The molecule has 1 aromatic rings. The fraction of sp³-hybridized carbons (Fsp3) is 0.625. The molecular formula is C16H27NO. The number of rotatable bonds is 8. The predicted molar refractivity (Wildman–Crippen MR) is 78.3 cm³/mol. The number of aryl methyl sites for hydroxylation is 1. The minimum Gasteiger partial charge on any atom is -0.489 e. The van der Waals surface area contributed by atoms with Gasteiger partial charge in [0.15, 0.2) is 0 Å². The number of para-hydroxylation sites is 1. The monoisotopic (exact) mass is 249 g/mol. The smallest absolute Gasteiger partial charge is 0.122 e. The van der Waals surface area contributed by atoms with E-state index in [1.165, 1.54) is 12.0 Å². The molecule has 1 N–H and O–H groups in total. The topological polar surface area (TPSA) is 21.3 Å². The maximum Gasteiger partial charge on any atom is 0.122 e. The molecule has 1 aromatic carbocycles. The van der Waals surface area contributed by atoms with Gasteiger partial charge < -0.3 is 10.1 Å². The Kier molecular flexibility index (Phi) is 6.81. The highest BCUT2D eigenvalue weighted by atomic mass is 16.5. The van der Waals surface area contributed by atoms with Gasteiger partial charge in [0.05, 0.1) is 0 Å². The van der Waals surface area contributed by atoms with E-state index in [4.69, 9.17) is 4.74 Å². The first kappa shape index (κ1) is 15.0. The number of likely N-dealkylation sites (N-methyl/N-ethyl adjacent to an activating group) is 1. The van der Waals surface area contributed by atoms with Crippen LogP contribution in [0.3, 0.4) is 0 Å². The standard InChI is InChI=1S/C16H27NO/c1-5-10-14(17-7-3)15(6-2)18-16-12-9-8-11-13(16)4/h8-9,11-12,14-15,17H,5-7,10H2,1-4H3. The Bertz CT molecular complexity index is 332. The molecule has 0 fully saturated rings. The van der Waals surface area contributed by atoms with Crippen LogP contribution in [0.1, 0.15) is 45.6 Å². The van der Waals surface area contributed by atoms with Gasteiger partial charge in [0, 0.05) is 6.04 Å². The van der Waals surface area contributed by atoms with Crippen molar-refractivity contribution >= 4 is 0 Å². The van der Waals surface area contributed by atoms with E-state index in [-0.39, 0.29) is 6.10 Å². The van der Waals surface area contributed by atoms with E-state index in [0.29, 0.717) is 6.04 Å². The summed E-state index contributed by atoms with van der Waals surface area (Å²) in [6.07, 6.45) is 3.64. The zero-order valence-electron chi connectivity index (χ0n) is 12.2. The molecule has 0 saturated heterocycles. The maximum absolute atomic E-state index is 6.20. The zero-order valence-corrected chi connectivity index (χ0v) is 12.2. The lowest BCUT2D eigenvalue weighted by molar-refractivity contribution is 0.142. The van der Waals surface area contributed by atoms with E-state index in [1.54, 1.807) is 0 Å². The lowest BCUT2D eigenvalue weighted by Gasteiger charge is -2.28. The van der Waals surface area contributed by atoms with Gasteiger partial charge >= 0.3 is 0 Å². The lowest BCUT2D eigenvalue weighted by atomic mass is 10.0. The Morgan fingerprint density at radius 3 is 2.44 bits per heavy atom. The Balaban J connectivity index is 2.73. The number of ether oxygens (including phenoxy) is 1. The number of hydrogen-bond acceptors (Lipinski definition) is 2. The van der Waals surface area contributed by atoms with Gasteiger partial charge in [-0.3, -0.25) is 0 Å². The molecule has 2 unspecified atom stereocenters. The third-order valence-corrected chi connectivity index (χ3v) is 3.29. The molecule has 102 valence electrons. The van der Waals surface area contributed by atoms with Crippen molar-refractivity contribution in [2.24, 2.45) is 0 Å². The van der Waals surface area contributed by atoms with Crippen molar-refractivity contribution < 1.29 is 4.74 Å². The average molecular weight is 249 g/mol. The molecule has 0 spiro atoms. The van der Waals surface area contributed by atoms with Crippen molar-refractivity contribution in [2.45, 2.75) is 59.1 Å². The predicted octanol–water partition coefficient (Wildman–Crippen LogP) is 3.93. The van der Waals surface area contributed by atoms with Crippen LogP contribution in [0.5, 0.6) is 5.75 Å². The van der Waals surface area contributed by atoms with Crippen molar-refractivity contribution in [3.63, 3.8) is 0 Å². The van der Waals surface area contributed by atoms with Gasteiger partial charge in [-0.2, -0.15) is 0 Å². The minimum absolute atomic E-state index is 0.256. The SMILES string of the molecule is CCCC(NCC)C(CC)Oc1ccccc1C. The molecule has 0 aromatic heterocycles. The van der Waals surface area contributed by atoms with Crippen LogP contribution in [0.4, 0.5) is 0 Å². The van der Waals surface area contributed by atoms with Crippen molar-refractivity contribution in [1.82, 2.24) is 5.32 Å². The Morgan fingerprint density at radius 1 is 1.17 bits per heavy atom. The van der Waals surface area contributed by atoms with Crippen LogP contribution in [0.25, 0.3) is 0 Å². The molecule has 2 atom stereocenters. The zero-order chi connectivity index (χ0) is 13.4. The molecule has 0 aliphatic heterocycles. The molecule has 1 rings (SSSR count). The van der Waals surface area contributed by atoms with Crippen LogP contribution in [-0.4, -0.2) is 18.7 Å². The molecule has 0 saturated carbocycles. The first-order valence-electron chi connectivity index (χ1n) is 7.18. The maximum atomic E-state index is 6.20. The summed E-state index contributed by atoms with van der Waals surface area (Å²) in [7, 11) is 0. The number of nitrogens with one attached hydrogen (secondary N) is 1. The van der Waals surface area contributed by atoms with E-state index in [9.17, 15) is 0 Å². The average Bonchev–Trinajstić information content (AvgIpc) is 2.38. The van der Waals surface area contributed by atoms with E-state index < -0.39 is 0 Å². The summed E-state index contributed by atoms with van der Waals surface area (Å²) in [5.74, 6) is 1.02.